The highest BCUT2D eigenvalue weighted by atomic mass is 35.5. The number of carbonyl (C=O) groups excluding carboxylic acids is 1. The maximum Gasteiger partial charge on any atom is 0.337 e. The van der Waals surface area contributed by atoms with Crippen LogP contribution in [-0.4, -0.2) is 36.6 Å². The molecule has 0 spiro atoms. The Hall–Kier alpha value is -1.75. The summed E-state index contributed by atoms with van der Waals surface area (Å²) >= 11 is 5.86. The zero-order valence-electron chi connectivity index (χ0n) is 11.2. The second-order valence-corrected chi connectivity index (χ2v) is 5.22. The molecule has 1 atom stereocenters. The summed E-state index contributed by atoms with van der Waals surface area (Å²) < 4.78 is 0. The topological polar surface area (TPSA) is 69.6 Å². The summed E-state index contributed by atoms with van der Waals surface area (Å²) in [5.74, 6) is -1.13. The standard InChI is InChI=1S/C14H17ClN2O3/c1-16-13(18)12-4-2-3-7-17(12)11-6-5-9(15)8-10(11)14(19)20/h5-6,8,12H,2-4,7H2,1H3,(H,16,18)(H,19,20). The molecular weight excluding hydrogens is 280 g/mol. The Kier molecular flexibility index (Phi) is 4.49. The van der Waals surface area contributed by atoms with Crippen LogP contribution < -0.4 is 10.2 Å². The van der Waals surface area contributed by atoms with Gasteiger partial charge in [0.05, 0.1) is 11.3 Å². The Morgan fingerprint density at radius 3 is 2.80 bits per heavy atom. The van der Waals surface area contributed by atoms with E-state index in [1.807, 2.05) is 4.90 Å². The largest absolute Gasteiger partial charge is 0.478 e. The van der Waals surface area contributed by atoms with Gasteiger partial charge in [-0.15, -0.1) is 0 Å². The summed E-state index contributed by atoms with van der Waals surface area (Å²) in [6, 6.07) is 4.42. The van der Waals surface area contributed by atoms with Crippen LogP contribution in [0.25, 0.3) is 0 Å². The van der Waals surface area contributed by atoms with Gasteiger partial charge >= 0.3 is 5.97 Å². The van der Waals surface area contributed by atoms with Crippen molar-refractivity contribution in [3.63, 3.8) is 0 Å². The van der Waals surface area contributed by atoms with Crippen molar-refractivity contribution in [2.45, 2.75) is 25.3 Å². The second-order valence-electron chi connectivity index (χ2n) is 4.79. The van der Waals surface area contributed by atoms with Gasteiger partial charge in [-0.3, -0.25) is 4.79 Å². The second kappa shape index (κ2) is 6.13. The van der Waals surface area contributed by atoms with Crippen LogP contribution in [0.4, 0.5) is 5.69 Å². The molecule has 1 amide bonds. The van der Waals surface area contributed by atoms with E-state index >= 15 is 0 Å². The number of likely N-dealkylation sites (N-methyl/N-ethyl adjacent to an activating group) is 1. The van der Waals surface area contributed by atoms with E-state index in [2.05, 4.69) is 5.32 Å². The van der Waals surface area contributed by atoms with Gasteiger partial charge in [0.1, 0.15) is 6.04 Å². The van der Waals surface area contributed by atoms with Crippen LogP contribution >= 0.6 is 11.6 Å². The molecule has 1 saturated heterocycles. The number of benzene rings is 1. The van der Waals surface area contributed by atoms with Gasteiger partial charge in [-0.25, -0.2) is 4.79 Å². The SMILES string of the molecule is CNC(=O)C1CCCCN1c1ccc(Cl)cc1C(=O)O. The summed E-state index contributed by atoms with van der Waals surface area (Å²) in [6.45, 7) is 0.667. The van der Waals surface area contributed by atoms with Crippen molar-refractivity contribution in [3.8, 4) is 0 Å². The summed E-state index contributed by atoms with van der Waals surface area (Å²) in [7, 11) is 1.59. The maximum absolute atomic E-state index is 12.0. The number of hydrogen-bond acceptors (Lipinski definition) is 3. The van der Waals surface area contributed by atoms with Gasteiger partial charge < -0.3 is 15.3 Å². The van der Waals surface area contributed by atoms with Crippen molar-refractivity contribution in [2.24, 2.45) is 0 Å². The normalized spacial score (nSPS) is 18.7. The molecule has 5 nitrogen and oxygen atoms in total. The molecule has 1 heterocycles. The minimum Gasteiger partial charge on any atom is -0.478 e. The van der Waals surface area contributed by atoms with Crippen LogP contribution in [-0.2, 0) is 4.79 Å². The molecule has 1 aliphatic rings. The molecule has 1 aliphatic heterocycles. The number of nitrogens with zero attached hydrogens (tertiary/aromatic N) is 1. The Balaban J connectivity index is 2.42. The first-order valence-corrected chi connectivity index (χ1v) is 6.93. The Labute approximate surface area is 122 Å². The summed E-state index contributed by atoms with van der Waals surface area (Å²) in [4.78, 5) is 25.2. The summed E-state index contributed by atoms with van der Waals surface area (Å²) in [5.41, 5.74) is 0.684. The van der Waals surface area contributed by atoms with Crippen LogP contribution in [0.3, 0.4) is 0 Å². The Morgan fingerprint density at radius 1 is 1.40 bits per heavy atom. The van der Waals surface area contributed by atoms with E-state index in [4.69, 9.17) is 11.6 Å². The molecule has 0 aromatic heterocycles. The van der Waals surface area contributed by atoms with Gasteiger partial charge in [0.15, 0.2) is 0 Å². The van der Waals surface area contributed by atoms with Crippen LogP contribution in [0, 0.1) is 0 Å². The molecule has 0 saturated carbocycles. The van der Waals surface area contributed by atoms with E-state index in [9.17, 15) is 14.7 Å². The molecule has 0 bridgehead atoms. The average Bonchev–Trinajstić information content (AvgIpc) is 2.46. The van der Waals surface area contributed by atoms with Crippen LogP contribution in [0.15, 0.2) is 18.2 Å². The lowest BCUT2D eigenvalue weighted by molar-refractivity contribution is -0.122. The lowest BCUT2D eigenvalue weighted by Crippen LogP contribution is -2.49. The third-order valence-electron chi connectivity index (χ3n) is 3.55. The third kappa shape index (κ3) is 2.88. The minimum atomic E-state index is -1.04. The van der Waals surface area contributed by atoms with E-state index in [1.165, 1.54) is 6.07 Å². The highest BCUT2D eigenvalue weighted by Crippen LogP contribution is 2.30. The van der Waals surface area contributed by atoms with Crippen molar-refractivity contribution in [1.82, 2.24) is 5.32 Å². The molecular formula is C14H17ClN2O3. The number of carbonyl (C=O) groups is 2. The summed E-state index contributed by atoms with van der Waals surface area (Å²) in [5, 5.41) is 12.3. The zero-order chi connectivity index (χ0) is 14.7. The van der Waals surface area contributed by atoms with E-state index in [1.54, 1.807) is 19.2 Å². The maximum atomic E-state index is 12.0. The van der Waals surface area contributed by atoms with Crippen molar-refractivity contribution in [3.05, 3.63) is 28.8 Å². The molecule has 6 heteroatoms. The number of anilines is 1. The van der Waals surface area contributed by atoms with Gasteiger partial charge in [0, 0.05) is 18.6 Å². The number of carboxylic acid groups (broad SMARTS) is 1. The fraction of sp³-hybridized carbons (Fsp3) is 0.429. The Morgan fingerprint density at radius 2 is 2.15 bits per heavy atom. The smallest absolute Gasteiger partial charge is 0.337 e. The number of carboxylic acids is 1. The number of hydrogen-bond donors (Lipinski definition) is 2. The first-order valence-electron chi connectivity index (χ1n) is 6.55. The van der Waals surface area contributed by atoms with Crippen molar-refractivity contribution < 1.29 is 14.7 Å². The average molecular weight is 297 g/mol. The predicted molar refractivity (Wildman–Crippen MR) is 77.5 cm³/mol. The quantitative estimate of drug-likeness (QED) is 0.896. The number of halogens is 1. The molecule has 1 aromatic rings. The highest BCUT2D eigenvalue weighted by molar-refractivity contribution is 6.31. The lowest BCUT2D eigenvalue weighted by Gasteiger charge is -2.37. The minimum absolute atomic E-state index is 0.0870. The summed E-state index contributed by atoms with van der Waals surface area (Å²) in [6.07, 6.45) is 2.63. The lowest BCUT2D eigenvalue weighted by atomic mass is 9.99. The number of aromatic carboxylic acids is 1. The molecule has 2 rings (SSSR count). The van der Waals surface area contributed by atoms with Gasteiger partial charge in [-0.2, -0.15) is 0 Å². The fourth-order valence-corrected chi connectivity index (χ4v) is 2.76. The fourth-order valence-electron chi connectivity index (χ4n) is 2.59. The van der Waals surface area contributed by atoms with E-state index in [-0.39, 0.29) is 17.5 Å². The van der Waals surface area contributed by atoms with Gasteiger partial charge in [-0.1, -0.05) is 11.6 Å². The van der Waals surface area contributed by atoms with Gasteiger partial charge in [0.25, 0.3) is 0 Å². The molecule has 1 unspecified atom stereocenters. The molecule has 1 aromatic carbocycles. The monoisotopic (exact) mass is 296 g/mol. The van der Waals surface area contributed by atoms with E-state index in [0.717, 1.165) is 19.3 Å². The van der Waals surface area contributed by atoms with Crippen LogP contribution in [0.1, 0.15) is 29.6 Å². The Bertz CT molecular complexity index is 533. The third-order valence-corrected chi connectivity index (χ3v) is 3.79. The van der Waals surface area contributed by atoms with Crippen LogP contribution in [0.2, 0.25) is 5.02 Å². The predicted octanol–water partition coefficient (Wildman–Crippen LogP) is 2.14. The van der Waals surface area contributed by atoms with Crippen molar-refractivity contribution >= 4 is 29.2 Å². The van der Waals surface area contributed by atoms with Crippen molar-refractivity contribution in [2.75, 3.05) is 18.5 Å². The molecule has 108 valence electrons. The van der Waals surface area contributed by atoms with Gasteiger partial charge in [-0.05, 0) is 37.5 Å². The highest BCUT2D eigenvalue weighted by Gasteiger charge is 2.30. The number of amides is 1. The van der Waals surface area contributed by atoms with Gasteiger partial charge in [0.2, 0.25) is 5.91 Å². The first-order chi connectivity index (χ1) is 9.54. The first kappa shape index (κ1) is 14.7. The molecule has 20 heavy (non-hydrogen) atoms. The molecule has 2 N–H and O–H groups in total. The van der Waals surface area contributed by atoms with Crippen molar-refractivity contribution in [1.29, 1.82) is 0 Å². The number of rotatable bonds is 3. The number of nitrogens with one attached hydrogen (secondary N) is 1. The van der Waals surface area contributed by atoms with Crippen LogP contribution in [0.5, 0.6) is 0 Å². The molecule has 1 fully saturated rings. The van der Waals surface area contributed by atoms with E-state index < -0.39 is 5.97 Å². The van der Waals surface area contributed by atoms with E-state index in [0.29, 0.717) is 17.3 Å². The molecule has 0 radical (unpaired) electrons. The molecule has 0 aliphatic carbocycles. The number of piperidine rings is 1. The zero-order valence-corrected chi connectivity index (χ0v) is 12.0.